The Kier molecular flexibility index (Phi) is 12.9. The number of nitrogens with zero attached hydrogens (tertiary/aromatic N) is 1. The van der Waals surface area contributed by atoms with Crippen molar-refractivity contribution in [1.29, 1.82) is 0 Å². The molecule has 0 radical (unpaired) electrons. The summed E-state index contributed by atoms with van der Waals surface area (Å²) in [5.74, 6) is -71.4. The maximum atomic E-state index is 15.4. The number of para-hydroxylation sites is 1. The van der Waals surface area contributed by atoms with Gasteiger partial charge in [-0.25, -0.2) is 87.8 Å². The van der Waals surface area contributed by atoms with E-state index in [1.807, 2.05) is 22.4 Å². The van der Waals surface area contributed by atoms with E-state index in [4.69, 9.17) is 4.84 Å². The number of aromatic nitrogens is 1. The fourth-order valence-electron chi connectivity index (χ4n) is 6.09. The van der Waals surface area contributed by atoms with E-state index in [-0.39, 0.29) is 0 Å². The Morgan fingerprint density at radius 3 is 0.983 bits per heavy atom. The lowest BCUT2D eigenvalue weighted by Crippen LogP contribution is -2.81. The van der Waals surface area contributed by atoms with E-state index in [1.165, 1.54) is 4.70 Å². The standard InChI is InChI=1S/C24BF20.C10H11BrNOS/c26-5-1(6(27)14(35)21(42)13(5)34)25(2-7(28)15(36)22(43)16(37)8(2)29,3-9(30)17(38)23(44)18(39)10(3)31)4-11(32)19(40)24(45)20(41)12(4)33;11-6-3-7-13-12-8-14-10-5-2-1-4-9(10)12/h;1-2,4-5,8H,3,6-7H2/q-1;+1. The summed E-state index contributed by atoms with van der Waals surface area (Å²) in [6.07, 6.45) is -6.19. The predicted molar refractivity (Wildman–Crippen MR) is 171 cm³/mol. The first kappa shape index (κ1) is 45.0. The van der Waals surface area contributed by atoms with E-state index < -0.39 is 144 Å². The van der Waals surface area contributed by atoms with Gasteiger partial charge in [0.15, 0.2) is 76.4 Å². The van der Waals surface area contributed by atoms with E-state index in [9.17, 15) is 52.7 Å². The monoisotopic (exact) mass is 951 g/mol. The molecule has 0 atom stereocenters. The maximum absolute atomic E-state index is 15.4. The molecule has 0 saturated carbocycles. The molecule has 0 fully saturated rings. The van der Waals surface area contributed by atoms with Crippen LogP contribution in [-0.2, 0) is 0 Å². The lowest BCUT2D eigenvalue weighted by atomic mass is 9.12. The van der Waals surface area contributed by atoms with E-state index in [1.54, 1.807) is 11.3 Å². The van der Waals surface area contributed by atoms with Gasteiger partial charge in [-0.05, 0) is 12.5 Å². The molecule has 59 heavy (non-hydrogen) atoms. The summed E-state index contributed by atoms with van der Waals surface area (Å²) < 4.78 is 297. The lowest BCUT2D eigenvalue weighted by Gasteiger charge is -2.44. The molecule has 2 nitrogen and oxygen atoms in total. The molecule has 6 rings (SSSR count). The molecule has 1 heterocycles. The zero-order chi connectivity index (χ0) is 44.2. The molecule has 5 aromatic carbocycles. The molecule has 25 heteroatoms. The SMILES string of the molecule is BrCCCO[n+]1csc2ccccc21.Fc1c(F)c(F)c([B-](c2c(F)c(F)c(F)c(F)c2F)(c2c(F)c(F)c(F)c(F)c2F)c2c(F)c(F)c(F)c(F)c2F)c(F)c1F. The van der Waals surface area contributed by atoms with Crippen molar-refractivity contribution in [3.05, 3.63) is 146 Å². The van der Waals surface area contributed by atoms with Crippen LogP contribution in [0.3, 0.4) is 0 Å². The van der Waals surface area contributed by atoms with Gasteiger partial charge < -0.3 is 0 Å². The van der Waals surface area contributed by atoms with Crippen LogP contribution < -0.4 is 31.4 Å². The quantitative estimate of drug-likeness (QED) is 0.0285. The van der Waals surface area contributed by atoms with Gasteiger partial charge in [-0.3, -0.25) is 4.84 Å². The highest BCUT2D eigenvalue weighted by atomic mass is 79.9. The number of fused-ring (bicyclic) bond motifs is 1. The van der Waals surface area contributed by atoms with E-state index in [0.29, 0.717) is 0 Å². The summed E-state index contributed by atoms with van der Waals surface area (Å²) in [5.41, 5.74) is -11.2. The molecule has 0 aliphatic carbocycles. The molecule has 0 aliphatic rings. The average Bonchev–Trinajstić information content (AvgIpc) is 3.64. The molecule has 0 amide bonds. The summed E-state index contributed by atoms with van der Waals surface area (Å²) in [4.78, 5) is 5.60. The number of benzene rings is 5. The third-order valence-corrected chi connectivity index (χ3v) is 10.1. The van der Waals surface area contributed by atoms with Gasteiger partial charge in [-0.1, -0.05) is 39.4 Å². The van der Waals surface area contributed by atoms with Crippen LogP contribution in [0.25, 0.3) is 10.2 Å². The second-order valence-corrected chi connectivity index (χ2v) is 13.4. The molecule has 0 N–H and O–H groups in total. The molecule has 1 aromatic heterocycles. The van der Waals surface area contributed by atoms with Crippen molar-refractivity contribution in [1.82, 2.24) is 0 Å². The minimum absolute atomic E-state index is 0.747. The fraction of sp³-hybridized carbons (Fsp3) is 0.0882. The maximum Gasteiger partial charge on any atom is 0.278 e. The van der Waals surface area contributed by atoms with Crippen LogP contribution in [0.4, 0.5) is 87.8 Å². The first-order valence-corrected chi connectivity index (χ1v) is 17.4. The van der Waals surface area contributed by atoms with Gasteiger partial charge in [-0.2, -0.15) is 0 Å². The lowest BCUT2D eigenvalue weighted by molar-refractivity contribution is -0.868. The summed E-state index contributed by atoms with van der Waals surface area (Å²) in [5, 5.41) is 0.982. The van der Waals surface area contributed by atoms with Crippen molar-refractivity contribution in [2.75, 3.05) is 11.9 Å². The molecule has 0 saturated heterocycles. The Balaban J connectivity index is 0.000000395. The molecule has 314 valence electrons. The molecule has 6 aromatic rings. The number of hydrogen-bond acceptors (Lipinski definition) is 2. The smallest absolute Gasteiger partial charge is 0.270 e. The Labute approximate surface area is 326 Å². The summed E-state index contributed by atoms with van der Waals surface area (Å²) in [6.45, 7) is 0.747. The number of thiazole rings is 1. The zero-order valence-corrected chi connectivity index (χ0v) is 30.2. The van der Waals surface area contributed by atoms with Crippen molar-refractivity contribution >= 4 is 65.5 Å². The van der Waals surface area contributed by atoms with Gasteiger partial charge in [0.2, 0.25) is 0 Å². The highest BCUT2D eigenvalue weighted by molar-refractivity contribution is 9.09. The average molecular weight is 952 g/mol. The first-order valence-electron chi connectivity index (χ1n) is 15.4. The second kappa shape index (κ2) is 16.9. The van der Waals surface area contributed by atoms with Gasteiger partial charge >= 0.3 is 0 Å². The normalized spacial score (nSPS) is 11.7. The minimum atomic E-state index is -7.22. The summed E-state index contributed by atoms with van der Waals surface area (Å²) >= 11 is 5.07. The van der Waals surface area contributed by atoms with Crippen LogP contribution in [0.2, 0.25) is 0 Å². The van der Waals surface area contributed by atoms with Crippen molar-refractivity contribution in [3.8, 4) is 0 Å². The number of rotatable bonds is 8. The Morgan fingerprint density at radius 1 is 0.424 bits per heavy atom. The first-order chi connectivity index (χ1) is 27.6. The van der Waals surface area contributed by atoms with Crippen LogP contribution >= 0.6 is 27.3 Å². The largest absolute Gasteiger partial charge is 0.278 e. The van der Waals surface area contributed by atoms with Gasteiger partial charge in [0.25, 0.3) is 11.0 Å². The van der Waals surface area contributed by atoms with Gasteiger partial charge in [0, 0.05) is 16.1 Å². The zero-order valence-electron chi connectivity index (χ0n) is 27.8. The van der Waals surface area contributed by atoms with E-state index >= 15 is 35.1 Å². The van der Waals surface area contributed by atoms with Crippen molar-refractivity contribution in [2.24, 2.45) is 0 Å². The molecular weight excluding hydrogens is 941 g/mol. The third kappa shape index (κ3) is 7.01. The van der Waals surface area contributed by atoms with Crippen LogP contribution in [-0.4, -0.2) is 18.1 Å². The minimum Gasteiger partial charge on any atom is -0.270 e. The van der Waals surface area contributed by atoms with Crippen molar-refractivity contribution in [3.63, 3.8) is 0 Å². The molecule has 0 aliphatic heterocycles. The highest BCUT2D eigenvalue weighted by Gasteiger charge is 2.52. The Hall–Kier alpha value is -5.07. The third-order valence-electron chi connectivity index (χ3n) is 8.59. The van der Waals surface area contributed by atoms with Crippen molar-refractivity contribution in [2.45, 2.75) is 6.42 Å². The number of halogens is 21. The highest BCUT2D eigenvalue weighted by Crippen LogP contribution is 2.30. The fourth-order valence-corrected chi connectivity index (χ4v) is 7.14. The van der Waals surface area contributed by atoms with Gasteiger partial charge in [0.1, 0.15) is 57.4 Å². The van der Waals surface area contributed by atoms with Crippen LogP contribution in [0.1, 0.15) is 6.42 Å². The number of alkyl halides is 1. The topological polar surface area (TPSA) is 13.1 Å². The summed E-state index contributed by atoms with van der Waals surface area (Å²) in [7, 11) is 0. The van der Waals surface area contributed by atoms with Crippen LogP contribution in [0.5, 0.6) is 0 Å². The van der Waals surface area contributed by atoms with Crippen LogP contribution in [0, 0.1) is 116 Å². The molecule has 0 unspecified atom stereocenters. The molecule has 0 spiro atoms. The molecule has 0 bridgehead atoms. The summed E-state index contributed by atoms with van der Waals surface area (Å²) in [6, 6.07) is 8.24. The predicted octanol–water partition coefficient (Wildman–Crippen LogP) is 8.25. The van der Waals surface area contributed by atoms with Crippen LogP contribution in [0.15, 0.2) is 29.8 Å². The van der Waals surface area contributed by atoms with Crippen molar-refractivity contribution < 1.29 is 97.4 Å². The Morgan fingerprint density at radius 2 is 0.695 bits per heavy atom. The Bertz CT molecular complexity index is 2280. The molecular formula is C34H11BBrF20NOS. The van der Waals surface area contributed by atoms with Gasteiger partial charge in [-0.15, -0.1) is 21.9 Å². The van der Waals surface area contributed by atoms with Gasteiger partial charge in [0.05, 0.1) is 0 Å². The van der Waals surface area contributed by atoms with E-state index in [2.05, 4.69) is 28.1 Å². The second-order valence-electron chi connectivity index (χ2n) is 11.7. The number of hydrogen-bond donors (Lipinski definition) is 0. The van der Waals surface area contributed by atoms with E-state index in [0.717, 1.165) is 23.9 Å².